The van der Waals surface area contributed by atoms with Crippen molar-refractivity contribution >= 4 is 37.6 Å². The maximum absolute atomic E-state index is 12.1. The van der Waals surface area contributed by atoms with Crippen LogP contribution in [0.1, 0.15) is 54.4 Å². The van der Waals surface area contributed by atoms with E-state index in [9.17, 15) is 4.79 Å². The first kappa shape index (κ1) is 11.9. The fraction of sp³-hybridized carbons (Fsp3) is 0.500. The second-order valence-corrected chi connectivity index (χ2v) is 6.99. The highest BCUT2D eigenvalue weighted by atomic mass is 79.9. The van der Waals surface area contributed by atoms with Crippen LogP contribution in [0.25, 0.3) is 0 Å². The second-order valence-electron chi connectivity index (χ2n) is 5.22. The van der Waals surface area contributed by atoms with Gasteiger partial charge in [0.05, 0.1) is 0 Å². The summed E-state index contributed by atoms with van der Waals surface area (Å²) in [6.07, 6.45) is 6.85. The van der Waals surface area contributed by atoms with Gasteiger partial charge in [-0.05, 0) is 42.4 Å². The third kappa shape index (κ3) is 1.82. The molecule has 1 spiro atoms. The molecule has 0 N–H and O–H groups in total. The average molecular weight is 358 g/mol. The normalized spacial score (nSPS) is 21.9. The minimum atomic E-state index is 0.281. The van der Waals surface area contributed by atoms with Gasteiger partial charge in [0.1, 0.15) is 0 Å². The van der Waals surface area contributed by atoms with Crippen LogP contribution >= 0.6 is 31.9 Å². The van der Waals surface area contributed by atoms with E-state index in [0.29, 0.717) is 5.78 Å². The van der Waals surface area contributed by atoms with Gasteiger partial charge >= 0.3 is 0 Å². The minimum absolute atomic E-state index is 0.281. The fourth-order valence-electron chi connectivity index (χ4n) is 3.50. The second kappa shape index (κ2) is 4.20. The SMILES string of the molecule is O=C1CCC2(CCCC2)c2c(Br)cc(Br)cc21. The van der Waals surface area contributed by atoms with Crippen molar-refractivity contribution in [2.24, 2.45) is 0 Å². The van der Waals surface area contributed by atoms with Crippen molar-refractivity contribution in [2.75, 3.05) is 0 Å². The molecule has 1 fully saturated rings. The Labute approximate surface area is 118 Å². The summed E-state index contributed by atoms with van der Waals surface area (Å²) in [5.41, 5.74) is 2.51. The third-order valence-corrected chi connectivity index (χ3v) is 5.36. The maximum Gasteiger partial charge on any atom is 0.163 e. The molecule has 0 radical (unpaired) electrons. The number of carbonyl (C=O) groups is 1. The monoisotopic (exact) mass is 356 g/mol. The molecular formula is C14H14Br2O. The van der Waals surface area contributed by atoms with Gasteiger partial charge in [0.25, 0.3) is 0 Å². The number of halogens is 2. The quantitative estimate of drug-likeness (QED) is 0.638. The molecule has 0 amide bonds. The van der Waals surface area contributed by atoms with Crippen molar-refractivity contribution in [1.29, 1.82) is 0 Å². The van der Waals surface area contributed by atoms with E-state index in [1.54, 1.807) is 0 Å². The lowest BCUT2D eigenvalue weighted by Gasteiger charge is -2.36. The Morgan fingerprint density at radius 2 is 1.76 bits per heavy atom. The van der Waals surface area contributed by atoms with E-state index in [-0.39, 0.29) is 5.41 Å². The highest BCUT2D eigenvalue weighted by Gasteiger charge is 2.42. The Morgan fingerprint density at radius 3 is 2.47 bits per heavy atom. The molecule has 2 aliphatic carbocycles. The van der Waals surface area contributed by atoms with Gasteiger partial charge in [0, 0.05) is 20.9 Å². The summed E-state index contributed by atoms with van der Waals surface area (Å²) < 4.78 is 2.10. The van der Waals surface area contributed by atoms with Crippen LogP contribution in [0.15, 0.2) is 21.1 Å². The number of fused-ring (bicyclic) bond motifs is 2. The van der Waals surface area contributed by atoms with E-state index in [4.69, 9.17) is 0 Å². The van der Waals surface area contributed by atoms with Crippen molar-refractivity contribution in [3.05, 3.63) is 32.2 Å². The highest BCUT2D eigenvalue weighted by molar-refractivity contribution is 9.11. The van der Waals surface area contributed by atoms with Crippen molar-refractivity contribution in [2.45, 2.75) is 43.9 Å². The molecule has 3 rings (SSSR count). The molecule has 0 atom stereocenters. The lowest BCUT2D eigenvalue weighted by Crippen LogP contribution is -2.31. The van der Waals surface area contributed by atoms with Crippen LogP contribution in [0.2, 0.25) is 0 Å². The van der Waals surface area contributed by atoms with E-state index in [1.165, 1.54) is 31.2 Å². The van der Waals surface area contributed by atoms with Crippen LogP contribution in [0.5, 0.6) is 0 Å². The molecule has 1 aromatic rings. The number of Topliss-reactive ketones (excluding diaryl/α,β-unsaturated/α-hetero) is 1. The summed E-state index contributed by atoms with van der Waals surface area (Å²) in [5.74, 6) is 0.305. The first-order valence-electron chi connectivity index (χ1n) is 6.15. The third-order valence-electron chi connectivity index (χ3n) is 4.28. The molecule has 17 heavy (non-hydrogen) atoms. The van der Waals surface area contributed by atoms with E-state index in [2.05, 4.69) is 37.9 Å². The molecule has 0 heterocycles. The summed E-state index contributed by atoms with van der Waals surface area (Å²) >= 11 is 7.15. The molecular weight excluding hydrogens is 344 g/mol. The van der Waals surface area contributed by atoms with Crippen LogP contribution in [0, 0.1) is 0 Å². The molecule has 0 bridgehead atoms. The van der Waals surface area contributed by atoms with Gasteiger partial charge < -0.3 is 0 Å². The summed E-state index contributed by atoms with van der Waals surface area (Å²) in [7, 11) is 0. The van der Waals surface area contributed by atoms with Gasteiger partial charge in [-0.3, -0.25) is 4.79 Å². The van der Waals surface area contributed by atoms with Crippen LogP contribution in [-0.4, -0.2) is 5.78 Å². The van der Waals surface area contributed by atoms with E-state index in [0.717, 1.165) is 27.4 Å². The summed E-state index contributed by atoms with van der Waals surface area (Å²) in [6.45, 7) is 0. The smallest absolute Gasteiger partial charge is 0.163 e. The largest absolute Gasteiger partial charge is 0.294 e. The molecule has 1 saturated carbocycles. The maximum atomic E-state index is 12.1. The standard InChI is InChI=1S/C14H14Br2O/c15-9-7-10-12(17)3-6-14(4-1-2-5-14)13(10)11(16)8-9/h7-8H,1-6H2. The Hall–Kier alpha value is -0.150. The van der Waals surface area contributed by atoms with Gasteiger partial charge in [0.2, 0.25) is 0 Å². The first-order valence-corrected chi connectivity index (χ1v) is 7.74. The number of hydrogen-bond acceptors (Lipinski definition) is 1. The molecule has 1 nitrogen and oxygen atoms in total. The predicted molar refractivity (Wildman–Crippen MR) is 75.6 cm³/mol. The Kier molecular flexibility index (Phi) is 2.94. The number of rotatable bonds is 0. The van der Waals surface area contributed by atoms with Crippen LogP contribution in [0.3, 0.4) is 0 Å². The number of carbonyl (C=O) groups excluding carboxylic acids is 1. The molecule has 3 heteroatoms. The number of hydrogen-bond donors (Lipinski definition) is 0. The average Bonchev–Trinajstić information content (AvgIpc) is 2.72. The van der Waals surface area contributed by atoms with Crippen LogP contribution in [0.4, 0.5) is 0 Å². The lowest BCUT2D eigenvalue weighted by molar-refractivity contribution is 0.0951. The molecule has 0 saturated heterocycles. The molecule has 1 aromatic carbocycles. The van der Waals surface area contributed by atoms with Crippen LogP contribution in [-0.2, 0) is 5.41 Å². The van der Waals surface area contributed by atoms with Crippen molar-refractivity contribution in [1.82, 2.24) is 0 Å². The van der Waals surface area contributed by atoms with E-state index >= 15 is 0 Å². The van der Waals surface area contributed by atoms with Gasteiger partial charge in [-0.1, -0.05) is 44.7 Å². The molecule has 90 valence electrons. The summed E-state index contributed by atoms with van der Waals surface area (Å²) in [6, 6.07) is 4.08. The Bertz CT molecular complexity index is 487. The van der Waals surface area contributed by atoms with Gasteiger partial charge in [-0.25, -0.2) is 0 Å². The van der Waals surface area contributed by atoms with Crippen molar-refractivity contribution in [3.63, 3.8) is 0 Å². The van der Waals surface area contributed by atoms with Crippen molar-refractivity contribution in [3.8, 4) is 0 Å². The zero-order valence-corrected chi connectivity index (χ0v) is 12.7. The zero-order chi connectivity index (χ0) is 12.0. The Morgan fingerprint density at radius 1 is 1.06 bits per heavy atom. The van der Waals surface area contributed by atoms with Gasteiger partial charge in [-0.2, -0.15) is 0 Å². The summed E-state index contributed by atoms with van der Waals surface area (Å²) in [5, 5.41) is 0. The first-order chi connectivity index (χ1) is 8.12. The fourth-order valence-corrected chi connectivity index (χ4v) is 5.14. The van der Waals surface area contributed by atoms with E-state index < -0.39 is 0 Å². The number of benzene rings is 1. The predicted octanol–water partition coefficient (Wildman–Crippen LogP) is 5.00. The number of ketones is 1. The molecule has 0 unspecified atom stereocenters. The molecule has 2 aliphatic rings. The zero-order valence-electron chi connectivity index (χ0n) is 9.56. The van der Waals surface area contributed by atoms with Gasteiger partial charge in [0.15, 0.2) is 5.78 Å². The topological polar surface area (TPSA) is 17.1 Å². The van der Waals surface area contributed by atoms with E-state index in [1.807, 2.05) is 6.07 Å². The molecule has 0 aromatic heterocycles. The van der Waals surface area contributed by atoms with Crippen molar-refractivity contribution < 1.29 is 4.79 Å². The highest BCUT2D eigenvalue weighted by Crippen LogP contribution is 2.51. The lowest BCUT2D eigenvalue weighted by atomic mass is 9.68. The van der Waals surface area contributed by atoms with Gasteiger partial charge in [-0.15, -0.1) is 0 Å². The summed E-state index contributed by atoms with van der Waals surface area (Å²) in [4.78, 5) is 12.1. The molecule has 0 aliphatic heterocycles. The Balaban J connectivity index is 2.24. The minimum Gasteiger partial charge on any atom is -0.294 e. The van der Waals surface area contributed by atoms with Crippen LogP contribution < -0.4 is 0 Å².